The third-order valence-corrected chi connectivity index (χ3v) is 12.3. The molecule has 0 saturated heterocycles. The fourth-order valence-corrected chi connectivity index (χ4v) is 9.64. The summed E-state index contributed by atoms with van der Waals surface area (Å²) >= 11 is 1.84. The van der Waals surface area contributed by atoms with Crippen LogP contribution in [0.5, 0.6) is 0 Å². The minimum atomic E-state index is 0.563. The number of fused-ring (bicyclic) bond motifs is 7. The third kappa shape index (κ3) is 5.47. The first-order valence-electron chi connectivity index (χ1n) is 19.6. The highest BCUT2D eigenvalue weighted by Crippen LogP contribution is 2.43. The zero-order valence-electron chi connectivity index (χ0n) is 31.5. The van der Waals surface area contributed by atoms with Crippen LogP contribution in [0.1, 0.15) is 0 Å². The molecule has 0 radical (unpaired) electrons. The molecule has 0 amide bonds. The van der Waals surface area contributed by atoms with E-state index < -0.39 is 0 Å². The highest BCUT2D eigenvalue weighted by atomic mass is 32.1. The quantitative estimate of drug-likeness (QED) is 0.168. The number of aromatic nitrogens is 5. The molecule has 0 atom stereocenters. The molecule has 0 fully saturated rings. The molecule has 0 aliphatic carbocycles. The van der Waals surface area contributed by atoms with E-state index in [1.807, 2.05) is 78.1 Å². The van der Waals surface area contributed by atoms with E-state index in [0.717, 1.165) is 72.3 Å². The maximum atomic E-state index is 6.62. The molecule has 59 heavy (non-hydrogen) atoms. The molecule has 12 aromatic rings. The number of thiophene rings is 1. The number of hydrogen-bond acceptors (Lipinski definition) is 6. The Kier molecular flexibility index (Phi) is 7.61. The van der Waals surface area contributed by atoms with E-state index in [1.165, 1.54) is 25.7 Å². The van der Waals surface area contributed by atoms with Crippen molar-refractivity contribution < 1.29 is 4.42 Å². The Morgan fingerprint density at radius 1 is 0.407 bits per heavy atom. The summed E-state index contributed by atoms with van der Waals surface area (Å²) in [5.74, 6) is 2.58. The van der Waals surface area contributed by atoms with Gasteiger partial charge in [0.1, 0.15) is 17.0 Å². The van der Waals surface area contributed by atoms with Crippen molar-refractivity contribution in [3.8, 4) is 62.4 Å². The Labute approximate surface area is 342 Å². The Morgan fingerprint density at radius 3 is 1.78 bits per heavy atom. The van der Waals surface area contributed by atoms with Gasteiger partial charge in [0.15, 0.2) is 17.5 Å². The topological polar surface area (TPSA) is 69.6 Å². The molecular weight excluding hydrogens is 743 g/mol. The zero-order valence-corrected chi connectivity index (χ0v) is 32.3. The number of benzene rings is 8. The summed E-state index contributed by atoms with van der Waals surface area (Å²) in [6.07, 6.45) is 0. The SMILES string of the molecule is c1ccc(-c2nc(-c3ccc(-c4cccc5c4sc4ccccc45)cc3)nc(-c3cccc4oc5cccc(-c6nc7ccccc7n6-c6ccccc6)c5c34)n2)cc1. The van der Waals surface area contributed by atoms with Gasteiger partial charge in [0.2, 0.25) is 0 Å². The van der Waals surface area contributed by atoms with E-state index in [2.05, 4.69) is 126 Å². The summed E-state index contributed by atoms with van der Waals surface area (Å²) in [7, 11) is 0. The van der Waals surface area contributed by atoms with Gasteiger partial charge < -0.3 is 4.42 Å². The number of imidazole rings is 1. The molecule has 7 heteroatoms. The van der Waals surface area contributed by atoms with E-state index in [4.69, 9.17) is 24.4 Å². The second-order valence-corrected chi connectivity index (χ2v) is 15.6. The number of hydrogen-bond donors (Lipinski definition) is 0. The molecule has 8 aromatic carbocycles. The molecule has 0 spiro atoms. The van der Waals surface area contributed by atoms with Gasteiger partial charge in [0.05, 0.1) is 11.0 Å². The first-order chi connectivity index (χ1) is 29.2. The van der Waals surface area contributed by atoms with Gasteiger partial charge in [-0.1, -0.05) is 146 Å². The molecule has 0 aliphatic rings. The van der Waals surface area contributed by atoms with Gasteiger partial charge in [-0.25, -0.2) is 19.9 Å². The van der Waals surface area contributed by atoms with Gasteiger partial charge in [0.25, 0.3) is 0 Å². The molecule has 12 rings (SSSR count). The van der Waals surface area contributed by atoms with Crippen LogP contribution in [0.2, 0.25) is 0 Å². The highest BCUT2D eigenvalue weighted by molar-refractivity contribution is 7.26. The van der Waals surface area contributed by atoms with Crippen molar-refractivity contribution in [2.24, 2.45) is 0 Å². The van der Waals surface area contributed by atoms with E-state index in [1.54, 1.807) is 0 Å². The molecule has 0 aliphatic heterocycles. The second kappa shape index (κ2) is 13.4. The first kappa shape index (κ1) is 33.4. The van der Waals surface area contributed by atoms with Crippen molar-refractivity contribution in [1.29, 1.82) is 0 Å². The number of nitrogens with zero attached hydrogens (tertiary/aromatic N) is 5. The van der Waals surface area contributed by atoms with Crippen LogP contribution < -0.4 is 0 Å². The average molecular weight is 774 g/mol. The minimum Gasteiger partial charge on any atom is -0.456 e. The molecule has 0 bridgehead atoms. The van der Waals surface area contributed by atoms with E-state index >= 15 is 0 Å². The predicted molar refractivity (Wildman–Crippen MR) is 242 cm³/mol. The molecule has 4 heterocycles. The molecule has 0 N–H and O–H groups in total. The van der Waals surface area contributed by atoms with Gasteiger partial charge in [0, 0.05) is 58.9 Å². The monoisotopic (exact) mass is 773 g/mol. The summed E-state index contributed by atoms with van der Waals surface area (Å²) in [6.45, 7) is 0. The Balaban J connectivity index is 1.05. The Bertz CT molecular complexity index is 3550. The van der Waals surface area contributed by atoms with Crippen LogP contribution >= 0.6 is 11.3 Å². The summed E-state index contributed by atoms with van der Waals surface area (Å²) in [6, 6.07) is 64.8. The maximum Gasteiger partial charge on any atom is 0.164 e. The van der Waals surface area contributed by atoms with Crippen LogP contribution in [0.4, 0.5) is 0 Å². The lowest BCUT2D eigenvalue weighted by Gasteiger charge is -2.12. The van der Waals surface area contributed by atoms with Crippen molar-refractivity contribution in [3.05, 3.63) is 188 Å². The molecule has 0 saturated carbocycles. The van der Waals surface area contributed by atoms with Crippen molar-refractivity contribution in [3.63, 3.8) is 0 Å². The summed E-state index contributed by atoms with van der Waals surface area (Å²) < 4.78 is 11.4. The summed E-state index contributed by atoms with van der Waals surface area (Å²) in [5.41, 5.74) is 10.5. The molecular formula is C52H31N5OS. The largest absolute Gasteiger partial charge is 0.456 e. The normalized spacial score (nSPS) is 11.7. The van der Waals surface area contributed by atoms with Crippen molar-refractivity contribution in [2.75, 3.05) is 0 Å². The van der Waals surface area contributed by atoms with E-state index in [-0.39, 0.29) is 0 Å². The summed E-state index contributed by atoms with van der Waals surface area (Å²) in [5, 5.41) is 4.45. The Morgan fingerprint density at radius 2 is 0.983 bits per heavy atom. The molecule has 276 valence electrons. The fraction of sp³-hybridized carbons (Fsp3) is 0. The average Bonchev–Trinajstić information content (AvgIpc) is 4.01. The lowest BCUT2D eigenvalue weighted by atomic mass is 10.0. The molecule has 0 unspecified atom stereocenters. The van der Waals surface area contributed by atoms with Crippen LogP contribution in [0.3, 0.4) is 0 Å². The van der Waals surface area contributed by atoms with Crippen molar-refractivity contribution >= 4 is 64.5 Å². The zero-order chi connectivity index (χ0) is 38.9. The summed E-state index contributed by atoms with van der Waals surface area (Å²) in [4.78, 5) is 20.7. The number of para-hydroxylation sites is 3. The maximum absolute atomic E-state index is 6.62. The standard InChI is InChI=1S/C52H31N5OS/c1-3-14-33(15-4-1)49-54-50(34-30-28-32(29-31-34)36-19-11-20-38-37-18-7-10-27-45(37)59-48(36)38)56-51(55-49)39-21-12-25-43-46(39)47-40(22-13-26-44(47)58-43)52-53-41-23-8-9-24-42(41)57(52)35-16-5-2-6-17-35/h1-31H. The predicted octanol–water partition coefficient (Wildman–Crippen LogP) is 13.8. The van der Waals surface area contributed by atoms with Gasteiger partial charge in [-0.3, -0.25) is 4.57 Å². The fourth-order valence-electron chi connectivity index (χ4n) is 8.40. The van der Waals surface area contributed by atoms with Gasteiger partial charge >= 0.3 is 0 Å². The highest BCUT2D eigenvalue weighted by Gasteiger charge is 2.23. The smallest absolute Gasteiger partial charge is 0.164 e. The minimum absolute atomic E-state index is 0.563. The van der Waals surface area contributed by atoms with Crippen molar-refractivity contribution in [1.82, 2.24) is 24.5 Å². The van der Waals surface area contributed by atoms with Crippen LogP contribution in [-0.4, -0.2) is 24.5 Å². The van der Waals surface area contributed by atoms with Crippen LogP contribution in [0, 0.1) is 0 Å². The lowest BCUT2D eigenvalue weighted by molar-refractivity contribution is 0.669. The van der Waals surface area contributed by atoms with Crippen LogP contribution in [0.25, 0.3) is 116 Å². The third-order valence-electron chi connectivity index (χ3n) is 11.1. The van der Waals surface area contributed by atoms with Gasteiger partial charge in [-0.2, -0.15) is 0 Å². The number of rotatable bonds is 6. The van der Waals surface area contributed by atoms with Crippen LogP contribution in [0.15, 0.2) is 192 Å². The second-order valence-electron chi connectivity index (χ2n) is 14.6. The number of furan rings is 1. The van der Waals surface area contributed by atoms with Gasteiger partial charge in [-0.15, -0.1) is 11.3 Å². The van der Waals surface area contributed by atoms with Gasteiger partial charge in [-0.05, 0) is 53.6 Å². The lowest BCUT2D eigenvalue weighted by Crippen LogP contribution is -2.00. The van der Waals surface area contributed by atoms with E-state index in [9.17, 15) is 0 Å². The van der Waals surface area contributed by atoms with E-state index in [0.29, 0.717) is 17.5 Å². The van der Waals surface area contributed by atoms with Crippen LogP contribution in [-0.2, 0) is 0 Å². The molecule has 4 aromatic heterocycles. The first-order valence-corrected chi connectivity index (χ1v) is 20.4. The molecule has 6 nitrogen and oxygen atoms in total. The Hall–Kier alpha value is -7.74. The van der Waals surface area contributed by atoms with Crippen molar-refractivity contribution in [2.45, 2.75) is 0 Å².